The first-order valence-electron chi connectivity index (χ1n) is 7.12. The van der Waals surface area contributed by atoms with Crippen LogP contribution in [-0.2, 0) is 6.54 Å². The minimum Gasteiger partial charge on any atom is -0.480 e. The summed E-state index contributed by atoms with van der Waals surface area (Å²) in [5.74, 6) is 0.460. The van der Waals surface area contributed by atoms with Crippen molar-refractivity contribution < 1.29 is 4.74 Å². The predicted molar refractivity (Wildman–Crippen MR) is 86.4 cm³/mol. The van der Waals surface area contributed by atoms with Gasteiger partial charge in [0.15, 0.2) is 0 Å². The molecule has 0 amide bonds. The normalized spacial score (nSPS) is 10.0. The third kappa shape index (κ3) is 3.35. The zero-order valence-electron chi connectivity index (χ0n) is 12.9. The lowest BCUT2D eigenvalue weighted by molar-refractivity contribution is 0.396. The first-order valence-corrected chi connectivity index (χ1v) is 7.12. The molecule has 114 valence electrons. The maximum absolute atomic E-state index is 5.60. The maximum Gasteiger partial charge on any atom is 0.232 e. The molecule has 0 saturated heterocycles. The van der Waals surface area contributed by atoms with E-state index in [9.17, 15) is 0 Å². The average Bonchev–Trinajstić information content (AvgIpc) is 2.62. The van der Waals surface area contributed by atoms with Crippen molar-refractivity contribution in [3.05, 3.63) is 42.5 Å². The van der Waals surface area contributed by atoms with Crippen LogP contribution >= 0.6 is 0 Å². The number of methoxy groups -OCH3 is 1. The molecule has 0 fully saturated rings. The molecule has 0 aliphatic heterocycles. The summed E-state index contributed by atoms with van der Waals surface area (Å²) in [7, 11) is 1.56. The van der Waals surface area contributed by atoms with Crippen LogP contribution in [0.15, 0.2) is 36.8 Å². The molecule has 3 rings (SSSR count). The SMILES string of the molecule is CC.COc1cncc(-c2ccc3cnc(CN)cc3n2)n1. The van der Waals surface area contributed by atoms with Gasteiger partial charge in [0.25, 0.3) is 0 Å². The van der Waals surface area contributed by atoms with E-state index in [-0.39, 0.29) is 0 Å². The molecule has 0 bridgehead atoms. The van der Waals surface area contributed by atoms with Gasteiger partial charge in [0.1, 0.15) is 5.69 Å². The second-order valence-corrected chi connectivity index (χ2v) is 4.22. The van der Waals surface area contributed by atoms with E-state index in [0.717, 1.165) is 22.3 Å². The summed E-state index contributed by atoms with van der Waals surface area (Å²) in [5.41, 5.74) is 8.64. The van der Waals surface area contributed by atoms with E-state index in [1.54, 1.807) is 25.7 Å². The quantitative estimate of drug-likeness (QED) is 0.799. The van der Waals surface area contributed by atoms with Crippen LogP contribution in [0.2, 0.25) is 0 Å². The van der Waals surface area contributed by atoms with Gasteiger partial charge in [-0.3, -0.25) is 9.97 Å². The second-order valence-electron chi connectivity index (χ2n) is 4.22. The van der Waals surface area contributed by atoms with E-state index in [1.165, 1.54) is 0 Å². The van der Waals surface area contributed by atoms with Gasteiger partial charge in [0, 0.05) is 18.1 Å². The van der Waals surface area contributed by atoms with Crippen LogP contribution < -0.4 is 10.5 Å². The zero-order valence-corrected chi connectivity index (χ0v) is 12.9. The van der Waals surface area contributed by atoms with Gasteiger partial charge in [-0.25, -0.2) is 9.97 Å². The number of fused-ring (bicyclic) bond motifs is 1. The third-order valence-electron chi connectivity index (χ3n) is 2.92. The topological polar surface area (TPSA) is 86.8 Å². The Labute approximate surface area is 129 Å². The molecule has 6 nitrogen and oxygen atoms in total. The van der Waals surface area contributed by atoms with Crippen LogP contribution in [0, 0.1) is 0 Å². The van der Waals surface area contributed by atoms with Gasteiger partial charge in [-0.1, -0.05) is 13.8 Å². The Morgan fingerprint density at radius 1 is 1.05 bits per heavy atom. The lowest BCUT2D eigenvalue weighted by Gasteiger charge is -2.05. The maximum atomic E-state index is 5.60. The van der Waals surface area contributed by atoms with E-state index in [0.29, 0.717) is 18.1 Å². The first-order chi connectivity index (χ1) is 10.8. The fourth-order valence-corrected chi connectivity index (χ4v) is 1.88. The molecular weight excluding hydrogens is 278 g/mol. The van der Waals surface area contributed by atoms with Gasteiger partial charge >= 0.3 is 0 Å². The molecular formula is C16H19N5O. The molecule has 0 aliphatic carbocycles. The highest BCUT2D eigenvalue weighted by atomic mass is 16.5. The van der Waals surface area contributed by atoms with Crippen molar-refractivity contribution in [1.82, 2.24) is 19.9 Å². The number of ether oxygens (including phenoxy) is 1. The van der Waals surface area contributed by atoms with Gasteiger partial charge < -0.3 is 10.5 Å². The molecule has 22 heavy (non-hydrogen) atoms. The zero-order chi connectivity index (χ0) is 15.9. The Hall–Kier alpha value is -2.60. The molecule has 3 aromatic heterocycles. The largest absolute Gasteiger partial charge is 0.480 e. The van der Waals surface area contributed by atoms with Gasteiger partial charge in [0.05, 0.1) is 36.4 Å². The van der Waals surface area contributed by atoms with Gasteiger partial charge in [-0.2, -0.15) is 0 Å². The Bertz CT molecular complexity index is 760. The van der Waals surface area contributed by atoms with Crippen molar-refractivity contribution in [2.45, 2.75) is 20.4 Å². The lowest BCUT2D eigenvalue weighted by Crippen LogP contribution is -1.99. The minimum atomic E-state index is 0.390. The molecule has 0 saturated carbocycles. The number of hydrogen-bond donors (Lipinski definition) is 1. The Balaban J connectivity index is 0.000000847. The monoisotopic (exact) mass is 297 g/mol. The van der Waals surface area contributed by atoms with E-state index >= 15 is 0 Å². The van der Waals surface area contributed by atoms with E-state index in [1.807, 2.05) is 32.0 Å². The summed E-state index contributed by atoms with van der Waals surface area (Å²) in [6.45, 7) is 4.39. The van der Waals surface area contributed by atoms with E-state index < -0.39 is 0 Å². The summed E-state index contributed by atoms with van der Waals surface area (Å²) in [5, 5.41) is 0.960. The number of pyridine rings is 2. The fourth-order valence-electron chi connectivity index (χ4n) is 1.88. The molecule has 0 atom stereocenters. The summed E-state index contributed by atoms with van der Waals surface area (Å²) in [4.78, 5) is 17.2. The van der Waals surface area contributed by atoms with Crippen molar-refractivity contribution in [1.29, 1.82) is 0 Å². The molecule has 0 unspecified atom stereocenters. The van der Waals surface area contributed by atoms with Crippen LogP contribution in [0.4, 0.5) is 0 Å². The molecule has 2 N–H and O–H groups in total. The number of nitrogens with two attached hydrogens (primary N) is 1. The van der Waals surface area contributed by atoms with Crippen molar-refractivity contribution in [3.8, 4) is 17.3 Å². The summed E-state index contributed by atoms with van der Waals surface area (Å²) in [6.07, 6.45) is 4.98. The summed E-state index contributed by atoms with van der Waals surface area (Å²) >= 11 is 0. The Morgan fingerprint density at radius 3 is 2.59 bits per heavy atom. The predicted octanol–water partition coefficient (Wildman–Crippen LogP) is 2.58. The van der Waals surface area contributed by atoms with Crippen molar-refractivity contribution in [2.24, 2.45) is 5.73 Å². The van der Waals surface area contributed by atoms with E-state index in [4.69, 9.17) is 10.5 Å². The van der Waals surface area contributed by atoms with Crippen LogP contribution in [0.25, 0.3) is 22.3 Å². The molecule has 0 radical (unpaired) electrons. The Morgan fingerprint density at radius 2 is 1.86 bits per heavy atom. The summed E-state index contributed by atoms with van der Waals surface area (Å²) in [6, 6.07) is 5.72. The first kappa shape index (κ1) is 15.8. The molecule has 3 aromatic rings. The number of aromatic nitrogens is 4. The van der Waals surface area contributed by atoms with Crippen LogP contribution in [0.3, 0.4) is 0 Å². The lowest BCUT2D eigenvalue weighted by atomic mass is 10.2. The fraction of sp³-hybridized carbons (Fsp3) is 0.250. The van der Waals surface area contributed by atoms with E-state index in [2.05, 4.69) is 19.9 Å². The number of rotatable bonds is 3. The minimum absolute atomic E-state index is 0.390. The smallest absolute Gasteiger partial charge is 0.232 e. The summed E-state index contributed by atoms with van der Waals surface area (Å²) < 4.78 is 5.07. The highest BCUT2D eigenvalue weighted by Crippen LogP contribution is 2.20. The molecule has 0 aliphatic rings. The van der Waals surface area contributed by atoms with Crippen LogP contribution in [0.1, 0.15) is 19.5 Å². The van der Waals surface area contributed by atoms with Crippen LogP contribution in [0.5, 0.6) is 5.88 Å². The number of hydrogen-bond acceptors (Lipinski definition) is 6. The molecule has 6 heteroatoms. The van der Waals surface area contributed by atoms with Gasteiger partial charge in [-0.05, 0) is 18.2 Å². The highest BCUT2D eigenvalue weighted by Gasteiger charge is 2.06. The van der Waals surface area contributed by atoms with Crippen molar-refractivity contribution >= 4 is 10.9 Å². The average molecular weight is 297 g/mol. The standard InChI is InChI=1S/C14H13N5O.C2H6/c1-20-14-8-16-7-13(19-14)11-3-2-9-6-17-10(5-15)4-12(9)18-11;1-2/h2-4,6-8H,5,15H2,1H3;1-2H3. The van der Waals surface area contributed by atoms with Crippen molar-refractivity contribution in [2.75, 3.05) is 7.11 Å². The van der Waals surface area contributed by atoms with Gasteiger partial charge in [-0.15, -0.1) is 0 Å². The third-order valence-corrected chi connectivity index (χ3v) is 2.92. The second kappa shape index (κ2) is 7.42. The van der Waals surface area contributed by atoms with Crippen LogP contribution in [-0.4, -0.2) is 27.0 Å². The molecule has 0 spiro atoms. The number of nitrogens with zero attached hydrogens (tertiary/aromatic N) is 4. The Kier molecular flexibility index (Phi) is 5.32. The molecule has 0 aromatic carbocycles. The van der Waals surface area contributed by atoms with Gasteiger partial charge in [0.2, 0.25) is 5.88 Å². The molecule has 3 heterocycles. The van der Waals surface area contributed by atoms with Crippen molar-refractivity contribution in [3.63, 3.8) is 0 Å². The highest BCUT2D eigenvalue weighted by molar-refractivity contribution is 5.80.